The normalized spacial score (nSPS) is 19.6. The van der Waals surface area contributed by atoms with Crippen molar-refractivity contribution in [2.45, 2.75) is 25.7 Å². The molecule has 2 aliphatic carbocycles. The Bertz CT molecular complexity index is 453. The largest absolute Gasteiger partial charge is 0.382 e. The second-order valence-electron chi connectivity index (χ2n) is 5.15. The molecular weight excluding hydrogens is 238 g/mol. The van der Waals surface area contributed by atoms with Crippen LogP contribution in [-0.2, 0) is 0 Å². The van der Waals surface area contributed by atoms with Crippen molar-refractivity contribution in [3.63, 3.8) is 0 Å². The number of H-pyrrole nitrogens is 1. The second-order valence-corrected chi connectivity index (χ2v) is 5.52. The monoisotopic (exact) mass is 253 g/mol. The van der Waals surface area contributed by atoms with Crippen molar-refractivity contribution >= 4 is 17.3 Å². The van der Waals surface area contributed by atoms with E-state index in [-0.39, 0.29) is 10.6 Å². The van der Waals surface area contributed by atoms with Crippen LogP contribution in [0.3, 0.4) is 0 Å². The van der Waals surface area contributed by atoms with E-state index in [9.17, 15) is 4.79 Å². The molecule has 1 heterocycles. The molecule has 5 heteroatoms. The van der Waals surface area contributed by atoms with Gasteiger partial charge in [0.25, 0.3) is 5.56 Å². The number of aromatic nitrogens is 2. The SMILES string of the molecule is O=c1[nH]ncc(NCC(C2CC2)C2CC2)c1Cl. The molecule has 3 rings (SSSR count). The highest BCUT2D eigenvalue weighted by Crippen LogP contribution is 2.49. The van der Waals surface area contributed by atoms with Gasteiger partial charge in [-0.25, -0.2) is 5.10 Å². The van der Waals surface area contributed by atoms with Crippen molar-refractivity contribution in [3.8, 4) is 0 Å². The Balaban J connectivity index is 1.66. The molecule has 1 aromatic heterocycles. The first-order valence-corrected chi connectivity index (χ1v) is 6.60. The predicted molar refractivity (Wildman–Crippen MR) is 67.3 cm³/mol. The molecular formula is C12H16ClN3O. The van der Waals surface area contributed by atoms with Gasteiger partial charge in [0, 0.05) is 6.54 Å². The number of halogens is 1. The smallest absolute Gasteiger partial charge is 0.285 e. The van der Waals surface area contributed by atoms with E-state index in [4.69, 9.17) is 11.6 Å². The van der Waals surface area contributed by atoms with Gasteiger partial charge in [-0.05, 0) is 43.4 Å². The maximum Gasteiger partial charge on any atom is 0.285 e. The van der Waals surface area contributed by atoms with Crippen LogP contribution < -0.4 is 10.9 Å². The Hall–Kier alpha value is -1.03. The van der Waals surface area contributed by atoms with Gasteiger partial charge < -0.3 is 5.32 Å². The average molecular weight is 254 g/mol. The van der Waals surface area contributed by atoms with Gasteiger partial charge in [0.1, 0.15) is 5.02 Å². The maximum absolute atomic E-state index is 11.3. The summed E-state index contributed by atoms with van der Waals surface area (Å²) in [6.45, 7) is 0.917. The molecule has 1 aromatic rings. The number of anilines is 1. The lowest BCUT2D eigenvalue weighted by Crippen LogP contribution is -2.20. The molecule has 2 fully saturated rings. The molecule has 2 aliphatic rings. The number of hydrogen-bond donors (Lipinski definition) is 2. The van der Waals surface area contributed by atoms with Crippen molar-refractivity contribution in [2.24, 2.45) is 17.8 Å². The first kappa shape index (κ1) is 11.1. The van der Waals surface area contributed by atoms with E-state index in [1.807, 2.05) is 0 Å². The third-order valence-electron chi connectivity index (χ3n) is 3.78. The summed E-state index contributed by atoms with van der Waals surface area (Å²) in [5.41, 5.74) is 0.327. The molecule has 0 amide bonds. The Kier molecular flexibility index (Phi) is 2.82. The standard InChI is InChI=1S/C12H16ClN3O/c13-11-10(6-15-16-12(11)17)14-5-9(7-1-2-7)8-3-4-8/h6-9H,1-5H2,(H2,14,16,17). The lowest BCUT2D eigenvalue weighted by atomic mass is 9.98. The molecule has 2 saturated carbocycles. The third-order valence-corrected chi connectivity index (χ3v) is 4.15. The zero-order valence-electron chi connectivity index (χ0n) is 9.58. The third kappa shape index (κ3) is 2.46. The fourth-order valence-electron chi connectivity index (χ4n) is 2.50. The van der Waals surface area contributed by atoms with Crippen LogP contribution in [0, 0.1) is 17.8 Å². The van der Waals surface area contributed by atoms with E-state index < -0.39 is 0 Å². The fourth-order valence-corrected chi connectivity index (χ4v) is 2.66. The molecule has 92 valence electrons. The van der Waals surface area contributed by atoms with Crippen LogP contribution in [0.15, 0.2) is 11.0 Å². The van der Waals surface area contributed by atoms with E-state index in [1.165, 1.54) is 25.7 Å². The number of aromatic amines is 1. The number of nitrogens with one attached hydrogen (secondary N) is 2. The Morgan fingerprint density at radius 1 is 1.41 bits per heavy atom. The highest BCUT2D eigenvalue weighted by molar-refractivity contribution is 6.32. The van der Waals surface area contributed by atoms with Crippen LogP contribution in [0.1, 0.15) is 25.7 Å². The van der Waals surface area contributed by atoms with E-state index in [0.29, 0.717) is 5.69 Å². The summed E-state index contributed by atoms with van der Waals surface area (Å²) in [4.78, 5) is 11.3. The lowest BCUT2D eigenvalue weighted by molar-refractivity contribution is 0.428. The van der Waals surface area contributed by atoms with Crippen molar-refractivity contribution < 1.29 is 0 Å². The molecule has 0 saturated heterocycles. The van der Waals surface area contributed by atoms with E-state index in [1.54, 1.807) is 6.20 Å². The molecule has 2 N–H and O–H groups in total. The summed E-state index contributed by atoms with van der Waals surface area (Å²) in [6.07, 6.45) is 7.05. The summed E-state index contributed by atoms with van der Waals surface area (Å²) in [5, 5.41) is 9.58. The average Bonchev–Trinajstić information content (AvgIpc) is 3.14. The summed E-state index contributed by atoms with van der Waals surface area (Å²) >= 11 is 5.92. The Morgan fingerprint density at radius 2 is 2.06 bits per heavy atom. The summed E-state index contributed by atoms with van der Waals surface area (Å²) < 4.78 is 0. The predicted octanol–water partition coefficient (Wildman–Crippen LogP) is 2.27. The highest BCUT2D eigenvalue weighted by Gasteiger charge is 2.41. The van der Waals surface area contributed by atoms with Crippen LogP contribution in [0.4, 0.5) is 5.69 Å². The van der Waals surface area contributed by atoms with Gasteiger partial charge in [-0.3, -0.25) is 4.79 Å². The molecule has 0 atom stereocenters. The van der Waals surface area contributed by atoms with Crippen molar-refractivity contribution in [1.82, 2.24) is 10.2 Å². The Morgan fingerprint density at radius 3 is 2.65 bits per heavy atom. The fraction of sp³-hybridized carbons (Fsp3) is 0.667. The van der Waals surface area contributed by atoms with E-state index in [0.717, 1.165) is 24.3 Å². The lowest BCUT2D eigenvalue weighted by Gasteiger charge is -2.17. The number of hydrogen-bond acceptors (Lipinski definition) is 3. The summed E-state index contributed by atoms with van der Waals surface area (Å²) in [6, 6.07) is 0. The molecule has 0 bridgehead atoms. The number of nitrogens with zero attached hydrogens (tertiary/aromatic N) is 1. The van der Waals surface area contributed by atoms with Crippen LogP contribution in [-0.4, -0.2) is 16.7 Å². The topological polar surface area (TPSA) is 57.8 Å². The van der Waals surface area contributed by atoms with Crippen molar-refractivity contribution in [2.75, 3.05) is 11.9 Å². The second kappa shape index (κ2) is 4.33. The van der Waals surface area contributed by atoms with Crippen LogP contribution in [0.5, 0.6) is 0 Å². The molecule has 0 radical (unpaired) electrons. The van der Waals surface area contributed by atoms with Gasteiger partial charge in [-0.2, -0.15) is 5.10 Å². The quantitative estimate of drug-likeness (QED) is 0.846. The minimum absolute atomic E-state index is 0.213. The van der Waals surface area contributed by atoms with Gasteiger partial charge in [0.2, 0.25) is 0 Å². The summed E-state index contributed by atoms with van der Waals surface area (Å²) in [5.74, 6) is 2.54. The van der Waals surface area contributed by atoms with Crippen LogP contribution >= 0.6 is 11.6 Å². The maximum atomic E-state index is 11.3. The molecule has 4 nitrogen and oxygen atoms in total. The number of rotatable bonds is 5. The van der Waals surface area contributed by atoms with Gasteiger partial charge in [-0.1, -0.05) is 11.6 Å². The van der Waals surface area contributed by atoms with Gasteiger partial charge in [0.15, 0.2) is 0 Å². The minimum atomic E-state index is -0.328. The van der Waals surface area contributed by atoms with E-state index >= 15 is 0 Å². The van der Waals surface area contributed by atoms with Crippen LogP contribution in [0.2, 0.25) is 5.02 Å². The van der Waals surface area contributed by atoms with Gasteiger partial charge in [0.05, 0.1) is 11.9 Å². The van der Waals surface area contributed by atoms with E-state index in [2.05, 4.69) is 15.5 Å². The molecule has 17 heavy (non-hydrogen) atoms. The Labute approximate surface area is 105 Å². The first-order valence-electron chi connectivity index (χ1n) is 6.23. The van der Waals surface area contributed by atoms with Gasteiger partial charge >= 0.3 is 0 Å². The van der Waals surface area contributed by atoms with Crippen LogP contribution in [0.25, 0.3) is 0 Å². The zero-order valence-corrected chi connectivity index (χ0v) is 10.3. The first-order chi connectivity index (χ1) is 8.25. The van der Waals surface area contributed by atoms with Crippen molar-refractivity contribution in [1.29, 1.82) is 0 Å². The molecule has 0 aliphatic heterocycles. The van der Waals surface area contributed by atoms with Gasteiger partial charge in [-0.15, -0.1) is 0 Å². The molecule has 0 aromatic carbocycles. The van der Waals surface area contributed by atoms with Crippen molar-refractivity contribution in [3.05, 3.63) is 21.6 Å². The molecule has 0 unspecified atom stereocenters. The minimum Gasteiger partial charge on any atom is -0.382 e. The highest BCUT2D eigenvalue weighted by atomic mass is 35.5. The molecule has 0 spiro atoms. The summed E-state index contributed by atoms with van der Waals surface area (Å²) in [7, 11) is 0. The zero-order chi connectivity index (χ0) is 11.8.